The SMILES string of the molecule is CC1=CCOC(c2cccc(C)c2)C1. The van der Waals surface area contributed by atoms with Gasteiger partial charge >= 0.3 is 0 Å². The van der Waals surface area contributed by atoms with Crippen LogP contribution >= 0.6 is 0 Å². The molecule has 1 aliphatic heterocycles. The Hall–Kier alpha value is -1.08. The minimum atomic E-state index is 0.264. The standard InChI is InChI=1S/C13H16O/c1-10-4-3-5-12(8-10)13-9-11(2)6-7-14-13/h3-6,8,13H,7,9H2,1-2H3. The molecule has 0 saturated heterocycles. The summed E-state index contributed by atoms with van der Waals surface area (Å²) in [6.45, 7) is 5.05. The molecule has 1 aromatic rings. The van der Waals surface area contributed by atoms with Crippen LogP contribution in [-0.4, -0.2) is 6.61 Å². The average molecular weight is 188 g/mol. The maximum absolute atomic E-state index is 5.71. The summed E-state index contributed by atoms with van der Waals surface area (Å²) in [5.41, 5.74) is 4.04. The first kappa shape index (κ1) is 9.47. The molecule has 2 rings (SSSR count). The van der Waals surface area contributed by atoms with E-state index in [1.165, 1.54) is 16.7 Å². The molecule has 1 nitrogen and oxygen atoms in total. The van der Waals surface area contributed by atoms with Crippen LogP contribution in [0.5, 0.6) is 0 Å². The van der Waals surface area contributed by atoms with Gasteiger partial charge in [0.1, 0.15) is 0 Å². The van der Waals surface area contributed by atoms with Crippen molar-refractivity contribution in [2.24, 2.45) is 0 Å². The summed E-state index contributed by atoms with van der Waals surface area (Å²) >= 11 is 0. The Morgan fingerprint density at radius 3 is 2.86 bits per heavy atom. The van der Waals surface area contributed by atoms with Crippen LogP contribution in [0.3, 0.4) is 0 Å². The zero-order valence-electron chi connectivity index (χ0n) is 8.79. The van der Waals surface area contributed by atoms with E-state index in [1.807, 2.05) is 0 Å². The van der Waals surface area contributed by atoms with Crippen LogP contribution in [0.4, 0.5) is 0 Å². The summed E-state index contributed by atoms with van der Waals surface area (Å²) in [6.07, 6.45) is 3.45. The highest BCUT2D eigenvalue weighted by atomic mass is 16.5. The lowest BCUT2D eigenvalue weighted by molar-refractivity contribution is 0.0641. The number of hydrogen-bond donors (Lipinski definition) is 0. The van der Waals surface area contributed by atoms with E-state index < -0.39 is 0 Å². The predicted molar refractivity (Wildman–Crippen MR) is 58.2 cm³/mol. The first-order valence-corrected chi connectivity index (χ1v) is 5.09. The molecule has 0 radical (unpaired) electrons. The summed E-state index contributed by atoms with van der Waals surface area (Å²) in [7, 11) is 0. The average Bonchev–Trinajstić information content (AvgIpc) is 2.18. The highest BCUT2D eigenvalue weighted by Crippen LogP contribution is 2.28. The zero-order valence-corrected chi connectivity index (χ0v) is 8.79. The Morgan fingerprint density at radius 1 is 1.29 bits per heavy atom. The van der Waals surface area contributed by atoms with Gasteiger partial charge in [-0.1, -0.05) is 41.5 Å². The fourth-order valence-corrected chi connectivity index (χ4v) is 1.83. The minimum Gasteiger partial charge on any atom is -0.369 e. The van der Waals surface area contributed by atoms with Crippen LogP contribution in [0, 0.1) is 6.92 Å². The smallest absolute Gasteiger partial charge is 0.0866 e. The molecule has 0 amide bonds. The second kappa shape index (κ2) is 3.97. The molecule has 0 aliphatic carbocycles. The number of benzene rings is 1. The summed E-state index contributed by atoms with van der Waals surface area (Å²) in [4.78, 5) is 0. The molecule has 74 valence electrons. The highest BCUT2D eigenvalue weighted by molar-refractivity contribution is 5.26. The Balaban J connectivity index is 2.19. The van der Waals surface area contributed by atoms with Gasteiger partial charge in [0, 0.05) is 0 Å². The molecule has 0 saturated carbocycles. The zero-order chi connectivity index (χ0) is 9.97. The quantitative estimate of drug-likeness (QED) is 0.614. The second-order valence-corrected chi connectivity index (χ2v) is 3.99. The van der Waals surface area contributed by atoms with E-state index in [-0.39, 0.29) is 6.10 Å². The molecule has 1 unspecified atom stereocenters. The van der Waals surface area contributed by atoms with E-state index in [1.54, 1.807) is 0 Å². The van der Waals surface area contributed by atoms with Gasteiger partial charge in [0.15, 0.2) is 0 Å². The summed E-state index contributed by atoms with van der Waals surface area (Å²) in [5, 5.41) is 0. The molecule has 1 heterocycles. The summed E-state index contributed by atoms with van der Waals surface area (Å²) in [6, 6.07) is 8.58. The monoisotopic (exact) mass is 188 g/mol. The second-order valence-electron chi connectivity index (χ2n) is 3.99. The molecule has 14 heavy (non-hydrogen) atoms. The van der Waals surface area contributed by atoms with Crippen molar-refractivity contribution >= 4 is 0 Å². The van der Waals surface area contributed by atoms with Crippen molar-refractivity contribution in [1.29, 1.82) is 0 Å². The number of rotatable bonds is 1. The van der Waals surface area contributed by atoms with E-state index in [0.29, 0.717) is 0 Å². The van der Waals surface area contributed by atoms with E-state index in [4.69, 9.17) is 4.74 Å². The molecular weight excluding hydrogens is 172 g/mol. The van der Waals surface area contributed by atoms with Gasteiger partial charge in [0.2, 0.25) is 0 Å². The van der Waals surface area contributed by atoms with Crippen LogP contribution in [0.2, 0.25) is 0 Å². The minimum absolute atomic E-state index is 0.264. The van der Waals surface area contributed by atoms with Gasteiger partial charge in [0.05, 0.1) is 12.7 Å². The number of hydrogen-bond acceptors (Lipinski definition) is 1. The van der Waals surface area contributed by atoms with Gasteiger partial charge in [0.25, 0.3) is 0 Å². The fourth-order valence-electron chi connectivity index (χ4n) is 1.83. The van der Waals surface area contributed by atoms with Crippen molar-refractivity contribution in [3.05, 3.63) is 47.0 Å². The molecule has 1 atom stereocenters. The van der Waals surface area contributed by atoms with Crippen molar-refractivity contribution < 1.29 is 4.74 Å². The van der Waals surface area contributed by atoms with Gasteiger partial charge in [-0.25, -0.2) is 0 Å². The summed E-state index contributed by atoms with van der Waals surface area (Å²) < 4.78 is 5.71. The third kappa shape index (κ3) is 2.05. The third-order valence-electron chi connectivity index (χ3n) is 2.65. The molecule has 0 fully saturated rings. The van der Waals surface area contributed by atoms with Crippen molar-refractivity contribution in [2.45, 2.75) is 26.4 Å². The van der Waals surface area contributed by atoms with Gasteiger partial charge in [-0.15, -0.1) is 0 Å². The fraction of sp³-hybridized carbons (Fsp3) is 0.385. The topological polar surface area (TPSA) is 9.23 Å². The Bertz CT molecular complexity index is 352. The molecule has 0 spiro atoms. The molecule has 0 aromatic heterocycles. The third-order valence-corrected chi connectivity index (χ3v) is 2.65. The lowest BCUT2D eigenvalue weighted by Crippen LogP contribution is -2.10. The largest absolute Gasteiger partial charge is 0.369 e. The van der Waals surface area contributed by atoms with Crippen molar-refractivity contribution in [3.63, 3.8) is 0 Å². The van der Waals surface area contributed by atoms with E-state index >= 15 is 0 Å². The van der Waals surface area contributed by atoms with Crippen LogP contribution in [0.15, 0.2) is 35.9 Å². The van der Waals surface area contributed by atoms with E-state index in [0.717, 1.165) is 13.0 Å². The number of aryl methyl sites for hydroxylation is 1. The van der Waals surface area contributed by atoms with Gasteiger partial charge in [-0.2, -0.15) is 0 Å². The van der Waals surface area contributed by atoms with E-state index in [9.17, 15) is 0 Å². The van der Waals surface area contributed by atoms with Crippen LogP contribution in [0.1, 0.15) is 30.6 Å². The van der Waals surface area contributed by atoms with Gasteiger partial charge in [-0.05, 0) is 25.8 Å². The lowest BCUT2D eigenvalue weighted by atomic mass is 9.99. The van der Waals surface area contributed by atoms with E-state index in [2.05, 4.69) is 44.2 Å². The maximum Gasteiger partial charge on any atom is 0.0866 e. The van der Waals surface area contributed by atoms with Gasteiger partial charge in [-0.3, -0.25) is 0 Å². The van der Waals surface area contributed by atoms with Crippen LogP contribution < -0.4 is 0 Å². The maximum atomic E-state index is 5.71. The first-order valence-electron chi connectivity index (χ1n) is 5.09. The molecule has 0 N–H and O–H groups in total. The lowest BCUT2D eigenvalue weighted by Gasteiger charge is -2.22. The Labute approximate surface area is 85.4 Å². The molecule has 1 aromatic carbocycles. The van der Waals surface area contributed by atoms with Crippen molar-refractivity contribution in [2.75, 3.05) is 6.61 Å². The normalized spacial score (nSPS) is 21.9. The van der Waals surface area contributed by atoms with Gasteiger partial charge < -0.3 is 4.74 Å². The summed E-state index contributed by atoms with van der Waals surface area (Å²) in [5.74, 6) is 0. The van der Waals surface area contributed by atoms with Crippen LogP contribution in [-0.2, 0) is 4.74 Å². The molecule has 0 bridgehead atoms. The molecule has 1 aliphatic rings. The Morgan fingerprint density at radius 2 is 2.14 bits per heavy atom. The Kier molecular flexibility index (Phi) is 2.69. The van der Waals surface area contributed by atoms with Crippen molar-refractivity contribution in [3.8, 4) is 0 Å². The highest BCUT2D eigenvalue weighted by Gasteiger charge is 2.15. The molecule has 1 heteroatoms. The molecular formula is C13H16O. The predicted octanol–water partition coefficient (Wildman–Crippen LogP) is 3.40. The number of ether oxygens (including phenoxy) is 1. The first-order chi connectivity index (χ1) is 6.75. The van der Waals surface area contributed by atoms with Crippen molar-refractivity contribution in [1.82, 2.24) is 0 Å². The van der Waals surface area contributed by atoms with Crippen LogP contribution in [0.25, 0.3) is 0 Å².